The van der Waals surface area contributed by atoms with Crippen LogP contribution in [0.4, 0.5) is 13.2 Å². The van der Waals surface area contributed by atoms with E-state index >= 15 is 0 Å². The fourth-order valence-electron chi connectivity index (χ4n) is 1.91. The van der Waals surface area contributed by atoms with Crippen LogP contribution in [0.15, 0.2) is 12.1 Å². The first-order valence-electron chi connectivity index (χ1n) is 6.37. The van der Waals surface area contributed by atoms with Crippen molar-refractivity contribution in [2.45, 2.75) is 25.6 Å². The van der Waals surface area contributed by atoms with E-state index in [-0.39, 0.29) is 0 Å². The van der Waals surface area contributed by atoms with Gasteiger partial charge in [-0.25, -0.2) is 0 Å². The van der Waals surface area contributed by atoms with Gasteiger partial charge in [0, 0.05) is 0 Å². The Balaban J connectivity index is 2.98. The lowest BCUT2D eigenvalue weighted by Crippen LogP contribution is -2.30. The summed E-state index contributed by atoms with van der Waals surface area (Å²) >= 11 is 0. The number of alkyl halides is 3. The van der Waals surface area contributed by atoms with E-state index in [0.717, 1.165) is 0 Å². The average molecular weight is 321 g/mol. The van der Waals surface area contributed by atoms with Crippen LogP contribution in [0.5, 0.6) is 17.2 Å². The molecule has 1 aromatic rings. The number of nitrogens with one attached hydrogen (secondary N) is 1. The van der Waals surface area contributed by atoms with Crippen LogP contribution in [0.3, 0.4) is 0 Å². The highest BCUT2D eigenvalue weighted by Crippen LogP contribution is 2.39. The van der Waals surface area contributed by atoms with Crippen molar-refractivity contribution in [2.75, 3.05) is 21.3 Å². The predicted molar refractivity (Wildman–Crippen MR) is 73.3 cm³/mol. The molecule has 22 heavy (non-hydrogen) atoms. The molecular formula is C14H18F3NO4. The first kappa shape index (κ1) is 17.9. The second-order valence-electron chi connectivity index (χ2n) is 4.54. The van der Waals surface area contributed by atoms with Crippen molar-refractivity contribution in [3.63, 3.8) is 0 Å². The normalized spacial score (nSPS) is 12.5. The summed E-state index contributed by atoms with van der Waals surface area (Å²) in [6.07, 6.45) is -6.07. The number of carbonyl (C=O) groups excluding carboxylic acids is 1. The molecule has 0 aliphatic rings. The zero-order chi connectivity index (χ0) is 16.9. The zero-order valence-electron chi connectivity index (χ0n) is 12.7. The number of carbonyl (C=O) groups is 1. The summed E-state index contributed by atoms with van der Waals surface area (Å²) in [5, 5.41) is 2.28. The van der Waals surface area contributed by atoms with Crippen LogP contribution in [0.2, 0.25) is 0 Å². The number of ether oxygens (including phenoxy) is 3. The molecule has 8 heteroatoms. The molecule has 1 atom stereocenters. The van der Waals surface area contributed by atoms with Gasteiger partial charge < -0.3 is 19.5 Å². The third-order valence-electron chi connectivity index (χ3n) is 2.93. The van der Waals surface area contributed by atoms with Crippen LogP contribution in [-0.2, 0) is 4.79 Å². The molecular weight excluding hydrogens is 303 g/mol. The first-order valence-corrected chi connectivity index (χ1v) is 6.37. The van der Waals surface area contributed by atoms with Gasteiger partial charge in [-0.1, -0.05) is 0 Å². The number of hydrogen-bond acceptors (Lipinski definition) is 4. The molecule has 1 rings (SSSR count). The van der Waals surface area contributed by atoms with Crippen molar-refractivity contribution >= 4 is 5.91 Å². The summed E-state index contributed by atoms with van der Waals surface area (Å²) < 4.78 is 52.0. The van der Waals surface area contributed by atoms with Crippen molar-refractivity contribution in [3.05, 3.63) is 17.7 Å². The van der Waals surface area contributed by atoms with E-state index in [1.807, 2.05) is 0 Å². The van der Waals surface area contributed by atoms with Gasteiger partial charge in [-0.05, 0) is 24.6 Å². The van der Waals surface area contributed by atoms with Crippen molar-refractivity contribution in [1.29, 1.82) is 0 Å². The molecule has 0 unspecified atom stereocenters. The Morgan fingerprint density at radius 3 is 2.00 bits per heavy atom. The largest absolute Gasteiger partial charge is 0.493 e. The quantitative estimate of drug-likeness (QED) is 0.875. The van der Waals surface area contributed by atoms with E-state index in [1.54, 1.807) is 19.1 Å². The molecule has 0 spiro atoms. The summed E-state index contributed by atoms with van der Waals surface area (Å²) in [6.45, 7) is 1.56. The van der Waals surface area contributed by atoms with Crippen molar-refractivity contribution < 1.29 is 32.2 Å². The highest BCUT2D eigenvalue weighted by atomic mass is 19.4. The van der Waals surface area contributed by atoms with Crippen LogP contribution in [0.1, 0.15) is 24.9 Å². The van der Waals surface area contributed by atoms with Gasteiger partial charge in [0.15, 0.2) is 11.5 Å². The van der Waals surface area contributed by atoms with E-state index in [0.29, 0.717) is 22.8 Å². The third-order valence-corrected chi connectivity index (χ3v) is 2.93. The summed E-state index contributed by atoms with van der Waals surface area (Å²) in [5.74, 6) is -0.0288. The average Bonchev–Trinajstić information content (AvgIpc) is 2.43. The van der Waals surface area contributed by atoms with Crippen molar-refractivity contribution in [1.82, 2.24) is 5.32 Å². The molecule has 0 aliphatic carbocycles. The maximum Gasteiger partial charge on any atom is 0.397 e. The molecule has 0 fully saturated rings. The first-order chi connectivity index (χ1) is 10.2. The Morgan fingerprint density at radius 2 is 1.64 bits per heavy atom. The van der Waals surface area contributed by atoms with Crippen LogP contribution in [0, 0.1) is 0 Å². The number of hydrogen-bond donors (Lipinski definition) is 1. The highest BCUT2D eigenvalue weighted by molar-refractivity contribution is 5.77. The van der Waals surface area contributed by atoms with Crippen LogP contribution in [0.25, 0.3) is 0 Å². The Kier molecular flexibility index (Phi) is 5.90. The van der Waals surface area contributed by atoms with Gasteiger partial charge in [0.1, 0.15) is 6.42 Å². The van der Waals surface area contributed by atoms with Crippen molar-refractivity contribution in [3.8, 4) is 17.2 Å². The molecule has 0 aliphatic heterocycles. The minimum atomic E-state index is -4.54. The fraction of sp³-hybridized carbons (Fsp3) is 0.500. The molecule has 124 valence electrons. The molecule has 0 saturated heterocycles. The van der Waals surface area contributed by atoms with Gasteiger partial charge in [-0.2, -0.15) is 13.2 Å². The van der Waals surface area contributed by atoms with Gasteiger partial charge in [0.2, 0.25) is 11.7 Å². The van der Waals surface area contributed by atoms with Crippen LogP contribution in [-0.4, -0.2) is 33.4 Å². The highest BCUT2D eigenvalue weighted by Gasteiger charge is 2.31. The van der Waals surface area contributed by atoms with Gasteiger partial charge in [-0.15, -0.1) is 0 Å². The minimum absolute atomic E-state index is 0.355. The Morgan fingerprint density at radius 1 is 1.14 bits per heavy atom. The molecule has 1 amide bonds. The van der Waals surface area contributed by atoms with Crippen LogP contribution >= 0.6 is 0 Å². The number of methoxy groups -OCH3 is 3. The van der Waals surface area contributed by atoms with Gasteiger partial charge in [-0.3, -0.25) is 4.79 Å². The topological polar surface area (TPSA) is 56.8 Å². The second kappa shape index (κ2) is 7.24. The molecule has 1 aromatic carbocycles. The van der Waals surface area contributed by atoms with E-state index in [1.165, 1.54) is 21.3 Å². The zero-order valence-corrected chi connectivity index (χ0v) is 12.7. The molecule has 0 saturated carbocycles. The summed E-state index contributed by atoms with van der Waals surface area (Å²) in [7, 11) is 4.29. The fourth-order valence-corrected chi connectivity index (χ4v) is 1.91. The number of amides is 1. The minimum Gasteiger partial charge on any atom is -0.493 e. The molecule has 0 heterocycles. The molecule has 0 bridgehead atoms. The monoisotopic (exact) mass is 321 g/mol. The Bertz CT molecular complexity index is 506. The predicted octanol–water partition coefficient (Wildman–Crippen LogP) is 2.84. The maximum atomic E-state index is 12.2. The standard InChI is InChI=1S/C14H18F3NO4/c1-8(18-12(19)7-14(15,16)17)9-5-10(20-2)13(22-4)11(6-9)21-3/h5-6,8H,7H2,1-4H3,(H,18,19)/t8-/m0/s1. The summed E-state index contributed by atoms with van der Waals surface area (Å²) in [6, 6.07) is 2.49. The molecule has 1 N–H and O–H groups in total. The van der Waals surface area contributed by atoms with E-state index < -0.39 is 24.5 Å². The van der Waals surface area contributed by atoms with Crippen molar-refractivity contribution in [2.24, 2.45) is 0 Å². The number of benzene rings is 1. The van der Waals surface area contributed by atoms with Gasteiger partial charge in [0.25, 0.3) is 0 Å². The lowest BCUT2D eigenvalue weighted by molar-refractivity contribution is -0.154. The SMILES string of the molecule is COc1cc([C@H](C)NC(=O)CC(F)(F)F)cc(OC)c1OC. The lowest BCUT2D eigenvalue weighted by Gasteiger charge is -2.19. The van der Waals surface area contributed by atoms with Gasteiger partial charge in [0.05, 0.1) is 27.4 Å². The Labute approximate surface area is 126 Å². The van der Waals surface area contributed by atoms with E-state index in [4.69, 9.17) is 14.2 Å². The molecule has 0 radical (unpaired) electrons. The third kappa shape index (κ3) is 4.71. The van der Waals surface area contributed by atoms with E-state index in [2.05, 4.69) is 5.32 Å². The summed E-state index contributed by atoms with van der Waals surface area (Å²) in [4.78, 5) is 11.4. The van der Waals surface area contributed by atoms with Gasteiger partial charge >= 0.3 is 6.18 Å². The number of rotatable bonds is 6. The van der Waals surface area contributed by atoms with Crippen LogP contribution < -0.4 is 19.5 Å². The molecule has 5 nitrogen and oxygen atoms in total. The molecule has 0 aromatic heterocycles. The maximum absolute atomic E-state index is 12.2. The number of halogens is 3. The smallest absolute Gasteiger partial charge is 0.397 e. The Hall–Kier alpha value is -2.12. The second-order valence-corrected chi connectivity index (χ2v) is 4.54. The summed E-state index contributed by atoms with van der Waals surface area (Å²) in [5.41, 5.74) is 0.532. The van der Waals surface area contributed by atoms with E-state index in [9.17, 15) is 18.0 Å². The lowest BCUT2D eigenvalue weighted by atomic mass is 10.1.